The molecule has 0 spiro atoms. The average Bonchev–Trinajstić information content (AvgIpc) is 2.67. The Morgan fingerprint density at radius 1 is 0.733 bits per heavy atom. The van der Waals surface area contributed by atoms with Crippen LogP contribution in [0.5, 0.6) is 5.75 Å². The Morgan fingerprint density at radius 2 is 1.33 bits per heavy atom. The minimum atomic E-state index is -0.913. The fourth-order valence-corrected chi connectivity index (χ4v) is 4.38. The third-order valence-corrected chi connectivity index (χ3v) is 6.00. The molecule has 0 aromatic heterocycles. The Labute approximate surface area is 180 Å². The van der Waals surface area contributed by atoms with E-state index in [-0.39, 0.29) is 14.9 Å². The van der Waals surface area contributed by atoms with Crippen molar-refractivity contribution in [2.75, 3.05) is 0 Å². The summed E-state index contributed by atoms with van der Waals surface area (Å²) in [4.78, 5) is 11.1. The van der Waals surface area contributed by atoms with E-state index in [4.69, 9.17) is 5.11 Å². The molecule has 0 aliphatic heterocycles. The molecule has 0 atom stereocenters. The zero-order chi connectivity index (χ0) is 19.5. The Hall–Kier alpha value is -2.81. The van der Waals surface area contributed by atoms with Gasteiger partial charge in [0.05, 0.1) is 5.56 Å². The predicted molar refractivity (Wildman–Crippen MR) is 127 cm³/mol. The van der Waals surface area contributed by atoms with Gasteiger partial charge in [-0.3, -0.25) is 0 Å². The number of hydrogen-bond acceptors (Lipinski definition) is 2. The minimum Gasteiger partial charge on any atom is -0.508 e. The Kier molecular flexibility index (Phi) is 8.05. The molecule has 0 radical (unpaired) electrons. The Bertz CT molecular complexity index is 981. The molecule has 3 heteroatoms. The molecule has 30 heavy (non-hydrogen) atoms. The van der Waals surface area contributed by atoms with Gasteiger partial charge in [0.15, 0.2) is 0 Å². The monoisotopic (exact) mass is 406 g/mol. The van der Waals surface area contributed by atoms with Crippen LogP contribution < -0.4 is 0 Å². The van der Waals surface area contributed by atoms with Crippen LogP contribution in [-0.4, -0.2) is 16.2 Å². The molecule has 3 aromatic carbocycles. The van der Waals surface area contributed by atoms with Gasteiger partial charge in [-0.1, -0.05) is 71.2 Å². The smallest absolute Gasteiger partial charge is 0.335 e. The molecule has 3 nitrogen and oxygen atoms in total. The third kappa shape index (κ3) is 5.02. The maximum Gasteiger partial charge on any atom is 0.335 e. The molecule has 1 aliphatic rings. The van der Waals surface area contributed by atoms with Crippen LogP contribution in [-0.2, 0) is 0 Å². The number of carboxylic acid groups (broad SMARTS) is 1. The SMILES string of the molecule is C.C.O=C(O)c1ccc(-c2ccc3cc(O)c(C4CCCCCCC4)cc3c2)cc1. The van der Waals surface area contributed by atoms with E-state index >= 15 is 0 Å². The molecule has 4 rings (SSSR count). The molecule has 1 aliphatic carbocycles. The van der Waals surface area contributed by atoms with Gasteiger partial charge in [0.25, 0.3) is 0 Å². The molecular weight excluding hydrogens is 372 g/mol. The topological polar surface area (TPSA) is 57.5 Å². The third-order valence-electron chi connectivity index (χ3n) is 6.00. The van der Waals surface area contributed by atoms with Crippen molar-refractivity contribution in [2.45, 2.75) is 65.7 Å². The number of benzene rings is 3. The normalized spacial score (nSPS) is 14.8. The second-order valence-electron chi connectivity index (χ2n) is 7.90. The van der Waals surface area contributed by atoms with Crippen molar-refractivity contribution in [3.8, 4) is 16.9 Å². The number of hydrogen-bond donors (Lipinski definition) is 2. The molecular formula is C27H34O3. The van der Waals surface area contributed by atoms with E-state index in [0.29, 0.717) is 17.2 Å². The Balaban J connectivity index is 0.00000160. The molecule has 1 saturated carbocycles. The zero-order valence-electron chi connectivity index (χ0n) is 16.0. The van der Waals surface area contributed by atoms with Crippen molar-refractivity contribution in [3.63, 3.8) is 0 Å². The number of rotatable bonds is 3. The highest BCUT2D eigenvalue weighted by Gasteiger charge is 2.18. The lowest BCUT2D eigenvalue weighted by Crippen LogP contribution is -2.03. The second-order valence-corrected chi connectivity index (χ2v) is 7.90. The van der Waals surface area contributed by atoms with Crippen LogP contribution in [0.3, 0.4) is 0 Å². The lowest BCUT2D eigenvalue weighted by molar-refractivity contribution is 0.0697. The van der Waals surface area contributed by atoms with E-state index in [1.165, 1.54) is 32.1 Å². The molecule has 2 N–H and O–H groups in total. The highest BCUT2D eigenvalue weighted by Crippen LogP contribution is 2.38. The first-order valence-corrected chi connectivity index (χ1v) is 10.2. The van der Waals surface area contributed by atoms with Gasteiger partial charge in [-0.15, -0.1) is 0 Å². The van der Waals surface area contributed by atoms with Gasteiger partial charge in [-0.25, -0.2) is 4.79 Å². The maximum absolute atomic E-state index is 11.1. The fourth-order valence-electron chi connectivity index (χ4n) is 4.38. The second kappa shape index (κ2) is 10.3. The van der Waals surface area contributed by atoms with E-state index in [0.717, 1.165) is 40.3 Å². The number of fused-ring (bicyclic) bond motifs is 1. The molecule has 0 heterocycles. The number of aromatic carboxylic acids is 1. The van der Waals surface area contributed by atoms with E-state index in [1.54, 1.807) is 12.1 Å². The summed E-state index contributed by atoms with van der Waals surface area (Å²) < 4.78 is 0. The largest absolute Gasteiger partial charge is 0.508 e. The van der Waals surface area contributed by atoms with Gasteiger partial charge in [-0.2, -0.15) is 0 Å². The minimum absolute atomic E-state index is 0. The van der Waals surface area contributed by atoms with Crippen molar-refractivity contribution in [1.29, 1.82) is 0 Å². The quantitative estimate of drug-likeness (QED) is 0.463. The summed E-state index contributed by atoms with van der Waals surface area (Å²) in [5, 5.41) is 21.9. The van der Waals surface area contributed by atoms with Crippen LogP contribution >= 0.6 is 0 Å². The summed E-state index contributed by atoms with van der Waals surface area (Å²) in [5.74, 6) is -0.0655. The standard InChI is InChI=1S/C25H26O3.2CH4/c26-24-16-21-13-12-20(17-8-10-19(11-9-17)25(27)28)14-22(21)15-23(24)18-6-4-2-1-3-5-7-18;;/h8-16,18,26H,1-7H2,(H,27,28);2*1H4. The van der Waals surface area contributed by atoms with Gasteiger partial charge in [0.2, 0.25) is 0 Å². The van der Waals surface area contributed by atoms with E-state index in [9.17, 15) is 9.90 Å². The number of phenolic OH excluding ortho intramolecular Hbond substituents is 1. The lowest BCUT2D eigenvalue weighted by Gasteiger charge is -2.21. The molecule has 0 amide bonds. The molecule has 0 bridgehead atoms. The summed E-state index contributed by atoms with van der Waals surface area (Å²) in [5.41, 5.74) is 3.42. The number of phenols is 1. The first-order valence-electron chi connectivity index (χ1n) is 10.2. The van der Waals surface area contributed by atoms with Crippen molar-refractivity contribution >= 4 is 16.7 Å². The fraction of sp³-hybridized carbons (Fsp3) is 0.370. The van der Waals surface area contributed by atoms with E-state index in [2.05, 4.69) is 12.1 Å². The predicted octanol–water partition coefficient (Wildman–Crippen LogP) is 8.01. The van der Waals surface area contributed by atoms with Crippen LogP contribution in [0.2, 0.25) is 0 Å². The van der Waals surface area contributed by atoms with Crippen molar-refractivity contribution < 1.29 is 15.0 Å². The number of carboxylic acids is 1. The summed E-state index contributed by atoms with van der Waals surface area (Å²) in [7, 11) is 0. The van der Waals surface area contributed by atoms with E-state index in [1.807, 2.05) is 30.3 Å². The van der Waals surface area contributed by atoms with Crippen LogP contribution in [0.4, 0.5) is 0 Å². The first-order chi connectivity index (χ1) is 13.6. The lowest BCUT2D eigenvalue weighted by atomic mass is 9.84. The average molecular weight is 407 g/mol. The van der Waals surface area contributed by atoms with Gasteiger partial charge in [0, 0.05) is 0 Å². The van der Waals surface area contributed by atoms with Gasteiger partial charge >= 0.3 is 5.97 Å². The van der Waals surface area contributed by atoms with Crippen molar-refractivity contribution in [2.24, 2.45) is 0 Å². The summed E-state index contributed by atoms with van der Waals surface area (Å²) in [6.07, 6.45) is 8.68. The van der Waals surface area contributed by atoms with Crippen LogP contribution in [0.15, 0.2) is 54.6 Å². The maximum atomic E-state index is 11.1. The molecule has 1 fully saturated rings. The highest BCUT2D eigenvalue weighted by atomic mass is 16.4. The highest BCUT2D eigenvalue weighted by molar-refractivity contribution is 5.91. The van der Waals surface area contributed by atoms with Crippen LogP contribution in [0.25, 0.3) is 21.9 Å². The molecule has 160 valence electrons. The molecule has 0 unspecified atom stereocenters. The summed E-state index contributed by atoms with van der Waals surface area (Å²) in [6.45, 7) is 0. The van der Waals surface area contributed by atoms with E-state index < -0.39 is 5.97 Å². The van der Waals surface area contributed by atoms with Gasteiger partial charge in [-0.05, 0) is 76.6 Å². The van der Waals surface area contributed by atoms with Crippen molar-refractivity contribution in [1.82, 2.24) is 0 Å². The first kappa shape index (κ1) is 23.5. The van der Waals surface area contributed by atoms with Gasteiger partial charge < -0.3 is 10.2 Å². The van der Waals surface area contributed by atoms with Crippen LogP contribution in [0, 0.1) is 0 Å². The summed E-state index contributed by atoms with van der Waals surface area (Å²) in [6, 6.07) is 17.2. The molecule has 3 aromatic rings. The number of carbonyl (C=O) groups is 1. The molecule has 0 saturated heterocycles. The Morgan fingerprint density at radius 3 is 1.97 bits per heavy atom. The summed E-state index contributed by atoms with van der Waals surface area (Å²) >= 11 is 0. The number of aromatic hydroxyl groups is 1. The zero-order valence-corrected chi connectivity index (χ0v) is 16.0. The van der Waals surface area contributed by atoms with Crippen LogP contribution in [0.1, 0.15) is 81.6 Å². The van der Waals surface area contributed by atoms with Crippen molar-refractivity contribution in [3.05, 3.63) is 65.7 Å². The van der Waals surface area contributed by atoms with Gasteiger partial charge in [0.1, 0.15) is 5.75 Å².